The van der Waals surface area contributed by atoms with Crippen LogP contribution in [0.1, 0.15) is 40.9 Å². The third-order valence-corrected chi connectivity index (χ3v) is 5.77. The van der Waals surface area contributed by atoms with E-state index in [1.165, 1.54) is 17.8 Å². The summed E-state index contributed by atoms with van der Waals surface area (Å²) in [4.78, 5) is 28.0. The van der Waals surface area contributed by atoms with E-state index in [0.717, 1.165) is 34.3 Å². The Labute approximate surface area is 166 Å². The van der Waals surface area contributed by atoms with Crippen LogP contribution in [0.25, 0.3) is 10.9 Å². The van der Waals surface area contributed by atoms with Crippen LogP contribution in [-0.4, -0.2) is 21.9 Å². The van der Waals surface area contributed by atoms with Crippen LogP contribution in [0, 0.1) is 10.1 Å². The number of benzene rings is 2. The molecule has 1 aromatic heterocycles. The second kappa shape index (κ2) is 7.59. The lowest BCUT2D eigenvalue weighted by Gasteiger charge is -2.13. The first-order valence-corrected chi connectivity index (χ1v) is 10.0. The maximum absolute atomic E-state index is 12.7. The lowest BCUT2D eigenvalue weighted by atomic mass is 10.1. The number of nitro benzene ring substituents is 1. The molecule has 1 N–H and O–H groups in total. The van der Waals surface area contributed by atoms with E-state index in [1.54, 1.807) is 12.1 Å². The smallest absolute Gasteiger partial charge is 0.269 e. The molecule has 3 aromatic rings. The predicted octanol–water partition coefficient (Wildman–Crippen LogP) is 4.89. The molecule has 6 nitrogen and oxygen atoms in total. The monoisotopic (exact) mass is 393 g/mol. The molecule has 0 radical (unpaired) electrons. The second-order valence-electron chi connectivity index (χ2n) is 6.89. The van der Waals surface area contributed by atoms with E-state index < -0.39 is 4.92 Å². The zero-order valence-electron chi connectivity index (χ0n) is 15.3. The van der Waals surface area contributed by atoms with Crippen molar-refractivity contribution in [2.45, 2.75) is 36.1 Å². The van der Waals surface area contributed by atoms with E-state index in [9.17, 15) is 14.9 Å². The van der Waals surface area contributed by atoms with Crippen molar-refractivity contribution in [1.29, 1.82) is 0 Å². The summed E-state index contributed by atoms with van der Waals surface area (Å²) in [5.74, 6) is -0.0778. The maximum atomic E-state index is 12.7. The zero-order chi connectivity index (χ0) is 19.7. The van der Waals surface area contributed by atoms with Gasteiger partial charge < -0.3 is 5.32 Å². The highest BCUT2D eigenvalue weighted by Gasteiger charge is 2.25. The van der Waals surface area contributed by atoms with Crippen molar-refractivity contribution < 1.29 is 9.72 Å². The highest BCUT2D eigenvalue weighted by molar-refractivity contribution is 7.99. The van der Waals surface area contributed by atoms with Crippen LogP contribution >= 0.6 is 11.8 Å². The van der Waals surface area contributed by atoms with Crippen LogP contribution in [0.15, 0.2) is 59.6 Å². The third kappa shape index (κ3) is 3.99. The van der Waals surface area contributed by atoms with Gasteiger partial charge in [0.1, 0.15) is 0 Å². The Bertz CT molecular complexity index is 1070. The number of carbonyl (C=O) groups is 1. The van der Waals surface area contributed by atoms with Gasteiger partial charge in [0.25, 0.3) is 11.6 Å². The van der Waals surface area contributed by atoms with Crippen molar-refractivity contribution in [3.8, 4) is 0 Å². The van der Waals surface area contributed by atoms with Gasteiger partial charge in [-0.3, -0.25) is 14.9 Å². The normalized spacial score (nSPS) is 14.6. The first kappa shape index (κ1) is 18.4. The van der Waals surface area contributed by atoms with Gasteiger partial charge in [0, 0.05) is 28.8 Å². The molecule has 28 heavy (non-hydrogen) atoms. The maximum Gasteiger partial charge on any atom is 0.269 e. The molecule has 1 fully saturated rings. The molecule has 1 heterocycles. The van der Waals surface area contributed by atoms with Gasteiger partial charge in [-0.05, 0) is 37.5 Å². The first-order chi connectivity index (χ1) is 13.5. The number of non-ortho nitro benzene ring substituents is 1. The highest BCUT2D eigenvalue weighted by Crippen LogP contribution is 2.36. The van der Waals surface area contributed by atoms with E-state index in [2.05, 4.69) is 10.3 Å². The number of para-hydroxylation sites is 1. The minimum absolute atomic E-state index is 0.0482. The van der Waals surface area contributed by atoms with Gasteiger partial charge in [-0.2, -0.15) is 0 Å². The summed E-state index contributed by atoms with van der Waals surface area (Å²) in [6.07, 6.45) is 2.06. The van der Waals surface area contributed by atoms with Crippen molar-refractivity contribution in [3.63, 3.8) is 0 Å². The molecule has 1 aliphatic carbocycles. The van der Waals surface area contributed by atoms with Crippen molar-refractivity contribution in [1.82, 2.24) is 10.3 Å². The van der Waals surface area contributed by atoms with Crippen molar-refractivity contribution >= 4 is 34.3 Å². The Balaban J connectivity index is 1.65. The summed E-state index contributed by atoms with van der Waals surface area (Å²) in [5, 5.41) is 15.6. The largest absolute Gasteiger partial charge is 0.349 e. The Morgan fingerprint density at radius 2 is 2.00 bits per heavy atom. The molecule has 0 spiro atoms. The minimum Gasteiger partial charge on any atom is -0.349 e. The Morgan fingerprint density at radius 3 is 2.75 bits per heavy atom. The molecule has 2 aromatic carbocycles. The number of hydrogen-bond acceptors (Lipinski definition) is 5. The fraction of sp³-hybridized carbons (Fsp3) is 0.238. The van der Waals surface area contributed by atoms with Gasteiger partial charge in [-0.25, -0.2) is 4.98 Å². The molecular weight excluding hydrogens is 374 g/mol. The summed E-state index contributed by atoms with van der Waals surface area (Å²) in [7, 11) is 0. The molecule has 1 atom stereocenters. The molecule has 4 rings (SSSR count). The Kier molecular flexibility index (Phi) is 5.00. The molecule has 1 saturated carbocycles. The Hall–Kier alpha value is -2.93. The van der Waals surface area contributed by atoms with Crippen LogP contribution in [0.5, 0.6) is 0 Å². The quantitative estimate of drug-likeness (QED) is 0.366. The van der Waals surface area contributed by atoms with Crippen LogP contribution < -0.4 is 5.32 Å². The molecule has 0 bridgehead atoms. The van der Waals surface area contributed by atoms with Crippen LogP contribution in [0.4, 0.5) is 5.69 Å². The summed E-state index contributed by atoms with van der Waals surface area (Å²) in [6.45, 7) is 1.98. The van der Waals surface area contributed by atoms with E-state index in [1.807, 2.05) is 43.3 Å². The molecule has 7 heteroatoms. The number of pyridine rings is 1. The number of fused-ring (bicyclic) bond motifs is 1. The number of thioether (sulfide) groups is 1. The average molecular weight is 393 g/mol. The Morgan fingerprint density at radius 1 is 1.21 bits per heavy atom. The molecular formula is C21H19N3O3S. The molecule has 1 aliphatic rings. The first-order valence-electron chi connectivity index (χ1n) is 9.13. The topological polar surface area (TPSA) is 85.1 Å². The number of rotatable bonds is 6. The van der Waals surface area contributed by atoms with E-state index in [4.69, 9.17) is 0 Å². The average Bonchev–Trinajstić information content (AvgIpc) is 3.51. The number of nitro groups is 1. The van der Waals surface area contributed by atoms with E-state index in [0.29, 0.717) is 5.56 Å². The summed E-state index contributed by atoms with van der Waals surface area (Å²) >= 11 is 1.48. The SMILES string of the molecule is CC(Sc1cc(C(=O)NC2CC2)c2ccccc2n1)c1cccc([N+](=O)[O-])c1. The lowest BCUT2D eigenvalue weighted by molar-refractivity contribution is -0.384. The van der Waals surface area contributed by atoms with Gasteiger partial charge in [-0.15, -0.1) is 0 Å². The van der Waals surface area contributed by atoms with Gasteiger partial charge in [-0.1, -0.05) is 42.1 Å². The number of amides is 1. The van der Waals surface area contributed by atoms with Gasteiger partial charge in [0.2, 0.25) is 0 Å². The predicted molar refractivity (Wildman–Crippen MR) is 110 cm³/mol. The van der Waals surface area contributed by atoms with Crippen LogP contribution in [-0.2, 0) is 0 Å². The lowest BCUT2D eigenvalue weighted by Crippen LogP contribution is -2.25. The molecule has 0 aliphatic heterocycles. The molecule has 0 saturated heterocycles. The van der Waals surface area contributed by atoms with E-state index in [-0.39, 0.29) is 22.9 Å². The molecule has 1 amide bonds. The summed E-state index contributed by atoms with van der Waals surface area (Å²) in [6, 6.07) is 16.3. The van der Waals surface area contributed by atoms with Gasteiger partial charge in [0.15, 0.2) is 0 Å². The zero-order valence-corrected chi connectivity index (χ0v) is 16.1. The highest BCUT2D eigenvalue weighted by atomic mass is 32.2. The molecule has 1 unspecified atom stereocenters. The second-order valence-corrected chi connectivity index (χ2v) is 8.25. The number of carbonyl (C=O) groups excluding carboxylic acids is 1. The van der Waals surface area contributed by atoms with Crippen LogP contribution in [0.3, 0.4) is 0 Å². The summed E-state index contributed by atoms with van der Waals surface area (Å²) < 4.78 is 0. The standard InChI is InChI=1S/C21H19N3O3S/c1-13(14-5-4-6-16(11-14)24(26)27)28-20-12-18(21(25)22-15-9-10-15)17-7-2-3-8-19(17)23-20/h2-8,11-13,15H,9-10H2,1H3,(H,22,25). The molecule has 142 valence electrons. The summed E-state index contributed by atoms with van der Waals surface area (Å²) in [5.41, 5.74) is 2.30. The fourth-order valence-electron chi connectivity index (χ4n) is 3.03. The van der Waals surface area contributed by atoms with Crippen molar-refractivity contribution in [2.24, 2.45) is 0 Å². The van der Waals surface area contributed by atoms with Crippen molar-refractivity contribution in [3.05, 3.63) is 75.8 Å². The number of aromatic nitrogens is 1. The van der Waals surface area contributed by atoms with Gasteiger partial charge in [0.05, 0.1) is 21.0 Å². The third-order valence-electron chi connectivity index (χ3n) is 4.70. The number of nitrogens with zero attached hydrogens (tertiary/aromatic N) is 2. The van der Waals surface area contributed by atoms with Crippen molar-refractivity contribution in [2.75, 3.05) is 0 Å². The fourth-order valence-corrected chi connectivity index (χ4v) is 4.01. The number of hydrogen-bond donors (Lipinski definition) is 1. The number of nitrogens with one attached hydrogen (secondary N) is 1. The minimum atomic E-state index is -0.393. The van der Waals surface area contributed by atoms with E-state index >= 15 is 0 Å². The van der Waals surface area contributed by atoms with Gasteiger partial charge >= 0.3 is 0 Å². The van der Waals surface area contributed by atoms with Crippen LogP contribution in [0.2, 0.25) is 0 Å².